The van der Waals surface area contributed by atoms with Crippen molar-refractivity contribution in [3.8, 4) is 11.8 Å². The Hall–Kier alpha value is -1.31. The van der Waals surface area contributed by atoms with E-state index in [9.17, 15) is 9.50 Å². The molecule has 1 aliphatic carbocycles. The van der Waals surface area contributed by atoms with Gasteiger partial charge in [0.1, 0.15) is 0 Å². The van der Waals surface area contributed by atoms with Crippen LogP contribution in [-0.2, 0) is 0 Å². The minimum Gasteiger partial charge on any atom is -0.505 e. The zero-order chi connectivity index (χ0) is 13.1. The number of rotatable bonds is 2. The maximum atomic E-state index is 13.5. The van der Waals surface area contributed by atoms with Gasteiger partial charge in [-0.25, -0.2) is 4.39 Å². The van der Waals surface area contributed by atoms with Crippen LogP contribution >= 0.6 is 12.4 Å². The maximum absolute atomic E-state index is 13.5. The molecule has 0 aromatic heterocycles. The number of nitrogens with two attached hydrogens (primary N) is 1. The molecule has 0 amide bonds. The summed E-state index contributed by atoms with van der Waals surface area (Å²) in [6.07, 6.45) is 5.46. The molecule has 1 aromatic carbocycles. The molecule has 104 valence electrons. The van der Waals surface area contributed by atoms with Gasteiger partial charge in [-0.15, -0.1) is 12.4 Å². The van der Waals surface area contributed by atoms with Crippen LogP contribution in [0.5, 0.6) is 5.75 Å². The first kappa shape index (κ1) is 15.7. The lowest BCUT2D eigenvalue weighted by molar-refractivity contribution is 0.300. The van der Waals surface area contributed by atoms with E-state index in [1.54, 1.807) is 0 Å². The summed E-state index contributed by atoms with van der Waals surface area (Å²) in [4.78, 5) is 0. The molecule has 0 heterocycles. The molecule has 1 aliphatic rings. The third-order valence-electron chi connectivity index (χ3n) is 3.74. The van der Waals surface area contributed by atoms with Crippen molar-refractivity contribution in [2.24, 2.45) is 11.7 Å². The molecule has 0 radical (unpaired) electrons. The van der Waals surface area contributed by atoms with E-state index in [4.69, 9.17) is 11.0 Å². The largest absolute Gasteiger partial charge is 0.505 e. The Morgan fingerprint density at radius 2 is 1.95 bits per heavy atom. The van der Waals surface area contributed by atoms with Gasteiger partial charge >= 0.3 is 0 Å². The molecule has 0 bridgehead atoms. The minimum atomic E-state index is -0.768. The summed E-state index contributed by atoms with van der Waals surface area (Å²) < 4.78 is 13.5. The smallest absolute Gasteiger partial charge is 0.166 e. The van der Waals surface area contributed by atoms with Gasteiger partial charge < -0.3 is 10.8 Å². The molecule has 1 aromatic rings. The number of phenols is 1. The van der Waals surface area contributed by atoms with Gasteiger partial charge in [-0.3, -0.25) is 0 Å². The molecule has 0 saturated heterocycles. The van der Waals surface area contributed by atoms with Crippen LogP contribution in [0.25, 0.3) is 0 Å². The van der Waals surface area contributed by atoms with Gasteiger partial charge in [0, 0.05) is 11.6 Å². The molecule has 0 spiro atoms. The Morgan fingerprint density at radius 3 is 2.53 bits per heavy atom. The fourth-order valence-electron chi connectivity index (χ4n) is 2.69. The lowest BCUT2D eigenvalue weighted by Crippen LogP contribution is -2.24. The lowest BCUT2D eigenvalue weighted by Gasteiger charge is -2.28. The second-order valence-electron chi connectivity index (χ2n) is 4.93. The number of halogens is 2. The van der Waals surface area contributed by atoms with Crippen LogP contribution in [0.15, 0.2) is 12.1 Å². The molecule has 1 atom stereocenters. The Labute approximate surface area is 118 Å². The summed E-state index contributed by atoms with van der Waals surface area (Å²) in [5.41, 5.74) is 6.69. The topological polar surface area (TPSA) is 70.0 Å². The molecular weight excluding hydrogens is 267 g/mol. The van der Waals surface area contributed by atoms with Crippen LogP contribution in [0.4, 0.5) is 4.39 Å². The van der Waals surface area contributed by atoms with E-state index in [0.717, 1.165) is 31.7 Å². The quantitative estimate of drug-likeness (QED) is 0.874. The predicted octanol–water partition coefficient (Wildman–Crippen LogP) is 3.40. The molecule has 3 N–H and O–H groups in total. The lowest BCUT2D eigenvalue weighted by atomic mass is 9.81. The molecule has 0 unspecified atom stereocenters. The molecule has 1 fully saturated rings. The van der Waals surface area contributed by atoms with Crippen molar-refractivity contribution in [1.29, 1.82) is 5.26 Å². The van der Waals surface area contributed by atoms with Crippen LogP contribution in [0, 0.1) is 23.1 Å². The maximum Gasteiger partial charge on any atom is 0.166 e. The number of benzene rings is 1. The van der Waals surface area contributed by atoms with Crippen LogP contribution in [0.2, 0.25) is 0 Å². The Balaban J connectivity index is 0.00000180. The summed E-state index contributed by atoms with van der Waals surface area (Å²) in [6, 6.07) is 4.02. The predicted molar refractivity (Wildman–Crippen MR) is 73.5 cm³/mol. The van der Waals surface area contributed by atoms with Gasteiger partial charge in [0.05, 0.1) is 11.6 Å². The van der Waals surface area contributed by atoms with E-state index >= 15 is 0 Å². The van der Waals surface area contributed by atoms with Crippen molar-refractivity contribution in [3.63, 3.8) is 0 Å². The van der Waals surface area contributed by atoms with Crippen molar-refractivity contribution in [1.82, 2.24) is 0 Å². The highest BCUT2D eigenvalue weighted by atomic mass is 35.5. The number of nitriles is 1. The van der Waals surface area contributed by atoms with Gasteiger partial charge in [-0.2, -0.15) is 5.26 Å². The van der Waals surface area contributed by atoms with E-state index in [1.165, 1.54) is 12.5 Å². The second kappa shape index (κ2) is 6.74. The Kier molecular flexibility index (Phi) is 5.59. The number of aromatic hydroxyl groups is 1. The summed E-state index contributed by atoms with van der Waals surface area (Å²) >= 11 is 0. The summed E-state index contributed by atoms with van der Waals surface area (Å²) in [7, 11) is 0. The van der Waals surface area contributed by atoms with Crippen molar-refractivity contribution >= 4 is 12.4 Å². The fourth-order valence-corrected chi connectivity index (χ4v) is 2.69. The highest BCUT2D eigenvalue weighted by molar-refractivity contribution is 5.85. The van der Waals surface area contributed by atoms with E-state index in [-0.39, 0.29) is 23.9 Å². The number of nitrogens with zero attached hydrogens (tertiary/aromatic N) is 1. The summed E-state index contributed by atoms with van der Waals surface area (Å²) in [5, 5.41) is 18.6. The third-order valence-corrected chi connectivity index (χ3v) is 3.74. The third kappa shape index (κ3) is 3.37. The molecule has 5 heteroatoms. The monoisotopic (exact) mass is 284 g/mol. The second-order valence-corrected chi connectivity index (χ2v) is 4.93. The molecule has 2 rings (SSSR count). The number of hydrogen-bond donors (Lipinski definition) is 2. The standard InChI is InChI=1S/C14H17FN2O.ClH/c15-12-7-9(8-16)6-11(14(12)18)13(17)10-4-2-1-3-5-10;/h6-7,10,13,18H,1-5,17H2;1H/t13-;/m0./s1. The molecule has 1 saturated carbocycles. The number of hydrogen-bond acceptors (Lipinski definition) is 3. The van der Waals surface area contributed by atoms with E-state index < -0.39 is 17.6 Å². The Bertz CT molecular complexity index is 481. The van der Waals surface area contributed by atoms with Gasteiger partial charge in [-0.1, -0.05) is 19.3 Å². The molecule has 0 aliphatic heterocycles. The van der Waals surface area contributed by atoms with Gasteiger partial charge in [0.15, 0.2) is 11.6 Å². The van der Waals surface area contributed by atoms with E-state index in [2.05, 4.69) is 0 Å². The molecular formula is C14H18ClFN2O. The zero-order valence-electron chi connectivity index (χ0n) is 10.6. The van der Waals surface area contributed by atoms with Crippen LogP contribution < -0.4 is 5.73 Å². The highest BCUT2D eigenvalue weighted by Crippen LogP contribution is 2.37. The summed E-state index contributed by atoms with van der Waals surface area (Å²) in [5.74, 6) is -0.916. The normalized spacial score (nSPS) is 17.3. The minimum absolute atomic E-state index is 0. The summed E-state index contributed by atoms with van der Waals surface area (Å²) in [6.45, 7) is 0. The first-order valence-corrected chi connectivity index (χ1v) is 6.31. The first-order chi connectivity index (χ1) is 8.63. The van der Waals surface area contributed by atoms with Crippen LogP contribution in [0.3, 0.4) is 0 Å². The van der Waals surface area contributed by atoms with Crippen molar-refractivity contribution in [2.75, 3.05) is 0 Å². The van der Waals surface area contributed by atoms with E-state index in [1.807, 2.05) is 6.07 Å². The van der Waals surface area contributed by atoms with Crippen LogP contribution in [-0.4, -0.2) is 5.11 Å². The number of phenolic OH excluding ortho intramolecular Hbond substituents is 1. The van der Waals surface area contributed by atoms with Crippen molar-refractivity contribution < 1.29 is 9.50 Å². The van der Waals surface area contributed by atoms with Crippen LogP contribution in [0.1, 0.15) is 49.3 Å². The first-order valence-electron chi connectivity index (χ1n) is 6.31. The SMILES string of the molecule is Cl.N#Cc1cc(F)c(O)c([C@@H](N)C2CCCCC2)c1. The fraction of sp³-hybridized carbons (Fsp3) is 0.500. The Morgan fingerprint density at radius 1 is 1.32 bits per heavy atom. The van der Waals surface area contributed by atoms with Gasteiger partial charge in [0.2, 0.25) is 0 Å². The average Bonchev–Trinajstić information content (AvgIpc) is 2.42. The average molecular weight is 285 g/mol. The zero-order valence-corrected chi connectivity index (χ0v) is 11.4. The van der Waals surface area contributed by atoms with Gasteiger partial charge in [0.25, 0.3) is 0 Å². The van der Waals surface area contributed by atoms with Crippen molar-refractivity contribution in [3.05, 3.63) is 29.1 Å². The highest BCUT2D eigenvalue weighted by Gasteiger charge is 2.25. The van der Waals surface area contributed by atoms with Gasteiger partial charge in [-0.05, 0) is 30.9 Å². The molecule has 3 nitrogen and oxygen atoms in total. The van der Waals surface area contributed by atoms with E-state index in [0.29, 0.717) is 5.56 Å². The van der Waals surface area contributed by atoms with Crippen molar-refractivity contribution in [2.45, 2.75) is 38.1 Å². The molecule has 19 heavy (non-hydrogen) atoms.